The number of aliphatic hydroxyl groups is 3. The van der Waals surface area contributed by atoms with Gasteiger partial charge in [-0.1, -0.05) is 51.0 Å². The van der Waals surface area contributed by atoms with E-state index >= 15 is 0 Å². The quantitative estimate of drug-likeness (QED) is 0.159. The van der Waals surface area contributed by atoms with Gasteiger partial charge in [0, 0.05) is 12.3 Å². The summed E-state index contributed by atoms with van der Waals surface area (Å²) in [5.74, 6) is -1.58. The maximum absolute atomic E-state index is 11.3. The molecule has 0 aromatic heterocycles. The van der Waals surface area contributed by atoms with Gasteiger partial charge >= 0.3 is 11.9 Å². The minimum atomic E-state index is -1.01. The molecule has 4 N–H and O–H groups in total. The number of hydrogen-bond acceptors (Lipinski definition) is 6. The number of allylic oxidation sites excluding steroid dienone is 2. The molecule has 7 heteroatoms. The molecule has 0 aliphatic heterocycles. The van der Waals surface area contributed by atoms with E-state index in [4.69, 9.17) is 9.84 Å². The molecule has 1 rings (SSSR count). The molecule has 0 spiro atoms. The smallest absolute Gasteiger partial charge is 0.306 e. The summed E-state index contributed by atoms with van der Waals surface area (Å²) >= 11 is 0. The first-order valence-electron chi connectivity index (χ1n) is 12.0. The van der Waals surface area contributed by atoms with Gasteiger partial charge in [0.05, 0.1) is 37.8 Å². The number of carbonyl (C=O) groups is 2. The monoisotopic (exact) mass is 454 g/mol. The van der Waals surface area contributed by atoms with Crippen LogP contribution >= 0.6 is 0 Å². The number of aliphatic hydroxyl groups excluding tert-OH is 3. The van der Waals surface area contributed by atoms with Crippen LogP contribution in [0.15, 0.2) is 24.3 Å². The van der Waals surface area contributed by atoms with E-state index in [9.17, 15) is 24.9 Å². The van der Waals surface area contributed by atoms with E-state index in [1.807, 2.05) is 25.2 Å². The van der Waals surface area contributed by atoms with E-state index in [1.165, 1.54) is 0 Å². The van der Waals surface area contributed by atoms with E-state index in [2.05, 4.69) is 6.92 Å². The molecule has 1 aliphatic carbocycles. The van der Waals surface area contributed by atoms with Crippen LogP contribution in [-0.4, -0.2) is 57.3 Å². The number of carboxylic acid groups (broad SMARTS) is 1. The predicted octanol–water partition coefficient (Wildman–Crippen LogP) is 3.61. The van der Waals surface area contributed by atoms with Gasteiger partial charge in [0.2, 0.25) is 0 Å². The standard InChI is InChI=1S/C25H42O7/c1-3-4-10-18(2)21(26)13-12-20-19(22(27)17-23(20)28)11-8-6-5-7-9-16-32-25(31)15-14-24(29)30/h6,8,12-13,18-23,26-28H,3-5,7,9-11,14-17H2,1-2H3,(H,29,30)/t18?,19-,20-,21-,22+,23-/m1/s1. The maximum atomic E-state index is 11.3. The molecule has 0 saturated heterocycles. The van der Waals surface area contributed by atoms with Crippen LogP contribution in [0, 0.1) is 17.8 Å². The highest BCUT2D eigenvalue weighted by atomic mass is 16.5. The Kier molecular flexibility index (Phi) is 14.2. The van der Waals surface area contributed by atoms with Crippen molar-refractivity contribution in [1.82, 2.24) is 0 Å². The Balaban J connectivity index is 2.34. The number of rotatable bonds is 16. The van der Waals surface area contributed by atoms with Gasteiger partial charge in [-0.15, -0.1) is 0 Å². The minimum Gasteiger partial charge on any atom is -0.481 e. The van der Waals surface area contributed by atoms with E-state index in [1.54, 1.807) is 6.08 Å². The van der Waals surface area contributed by atoms with Crippen molar-refractivity contribution in [3.8, 4) is 0 Å². The van der Waals surface area contributed by atoms with Crippen LogP contribution in [0.5, 0.6) is 0 Å². The van der Waals surface area contributed by atoms with Gasteiger partial charge in [0.15, 0.2) is 0 Å². The molecule has 0 heterocycles. The zero-order valence-corrected chi connectivity index (χ0v) is 19.6. The summed E-state index contributed by atoms with van der Waals surface area (Å²) in [5, 5.41) is 39.6. The molecular weight excluding hydrogens is 412 g/mol. The lowest BCUT2D eigenvalue weighted by Crippen LogP contribution is -2.21. The Bertz CT molecular complexity index is 601. The number of ether oxygens (including phenoxy) is 1. The fourth-order valence-corrected chi connectivity index (χ4v) is 4.04. The molecule has 6 atom stereocenters. The molecule has 0 bridgehead atoms. The minimum absolute atomic E-state index is 0.0779. The second kappa shape index (κ2) is 16.0. The lowest BCUT2D eigenvalue weighted by molar-refractivity contribution is -0.147. The Morgan fingerprint density at radius 1 is 1.09 bits per heavy atom. The van der Waals surface area contributed by atoms with Gasteiger partial charge in [-0.25, -0.2) is 0 Å². The van der Waals surface area contributed by atoms with Gasteiger partial charge < -0.3 is 25.2 Å². The lowest BCUT2D eigenvalue weighted by atomic mass is 9.88. The van der Waals surface area contributed by atoms with Crippen LogP contribution in [0.4, 0.5) is 0 Å². The van der Waals surface area contributed by atoms with Crippen molar-refractivity contribution in [3.63, 3.8) is 0 Å². The summed E-state index contributed by atoms with van der Waals surface area (Å²) < 4.78 is 4.99. The Morgan fingerprint density at radius 2 is 1.84 bits per heavy atom. The molecular formula is C25H42O7. The van der Waals surface area contributed by atoms with Gasteiger partial charge in [0.25, 0.3) is 0 Å². The van der Waals surface area contributed by atoms with Gasteiger partial charge in [0.1, 0.15) is 0 Å². The molecule has 1 unspecified atom stereocenters. The summed E-state index contributed by atoms with van der Waals surface area (Å²) in [6, 6.07) is 0. The zero-order valence-electron chi connectivity index (χ0n) is 19.6. The molecule has 0 aromatic carbocycles. The van der Waals surface area contributed by atoms with Crippen LogP contribution in [0.1, 0.15) is 78.1 Å². The predicted molar refractivity (Wildman–Crippen MR) is 123 cm³/mol. The lowest BCUT2D eigenvalue weighted by Gasteiger charge is -2.21. The Hall–Kier alpha value is -1.70. The number of carboxylic acids is 1. The molecule has 1 fully saturated rings. The van der Waals surface area contributed by atoms with Crippen LogP contribution in [0.2, 0.25) is 0 Å². The molecule has 184 valence electrons. The second-order valence-corrected chi connectivity index (χ2v) is 8.92. The van der Waals surface area contributed by atoms with Crippen molar-refractivity contribution in [2.24, 2.45) is 17.8 Å². The molecule has 0 aromatic rings. The van der Waals surface area contributed by atoms with Crippen LogP contribution < -0.4 is 0 Å². The summed E-state index contributed by atoms with van der Waals surface area (Å²) in [4.78, 5) is 21.7. The van der Waals surface area contributed by atoms with Crippen molar-refractivity contribution < 1.29 is 34.8 Å². The first kappa shape index (κ1) is 28.3. The number of esters is 1. The largest absolute Gasteiger partial charge is 0.481 e. The second-order valence-electron chi connectivity index (χ2n) is 8.92. The van der Waals surface area contributed by atoms with E-state index in [-0.39, 0.29) is 37.2 Å². The summed E-state index contributed by atoms with van der Waals surface area (Å²) in [6.45, 7) is 4.44. The highest BCUT2D eigenvalue weighted by Crippen LogP contribution is 2.36. The molecule has 7 nitrogen and oxygen atoms in total. The fraction of sp³-hybridized carbons (Fsp3) is 0.760. The average molecular weight is 455 g/mol. The Morgan fingerprint density at radius 3 is 2.53 bits per heavy atom. The SMILES string of the molecule is CCCCC(C)[C@H](O)C=C[C@@H]1[C@@H](CC=CCCCCOC(=O)CCC(=O)O)[C@@H](O)C[C@H]1O. The fourth-order valence-electron chi connectivity index (χ4n) is 4.04. The van der Waals surface area contributed by atoms with Crippen molar-refractivity contribution in [2.75, 3.05) is 6.61 Å². The number of unbranched alkanes of at least 4 members (excludes halogenated alkanes) is 3. The van der Waals surface area contributed by atoms with Crippen molar-refractivity contribution in [2.45, 2.75) is 96.4 Å². The number of carbonyl (C=O) groups excluding carboxylic acids is 1. The first-order chi connectivity index (χ1) is 15.3. The van der Waals surface area contributed by atoms with Crippen molar-refractivity contribution in [1.29, 1.82) is 0 Å². The van der Waals surface area contributed by atoms with Gasteiger partial charge in [-0.2, -0.15) is 0 Å². The number of aliphatic carboxylic acids is 1. The highest BCUT2D eigenvalue weighted by Gasteiger charge is 2.39. The normalized spacial score (nSPS) is 25.4. The van der Waals surface area contributed by atoms with Gasteiger partial charge in [-0.05, 0) is 43.9 Å². The molecule has 1 saturated carbocycles. The van der Waals surface area contributed by atoms with E-state index in [0.29, 0.717) is 19.3 Å². The third kappa shape index (κ3) is 11.2. The topological polar surface area (TPSA) is 124 Å². The number of hydrogen-bond donors (Lipinski definition) is 4. The van der Waals surface area contributed by atoms with Crippen molar-refractivity contribution in [3.05, 3.63) is 24.3 Å². The van der Waals surface area contributed by atoms with Crippen LogP contribution in [-0.2, 0) is 14.3 Å². The highest BCUT2D eigenvalue weighted by molar-refractivity contribution is 5.76. The zero-order chi connectivity index (χ0) is 23.9. The third-order valence-electron chi connectivity index (χ3n) is 6.19. The first-order valence-corrected chi connectivity index (χ1v) is 12.0. The summed E-state index contributed by atoms with van der Waals surface area (Å²) in [5.41, 5.74) is 0. The summed E-state index contributed by atoms with van der Waals surface area (Å²) in [6.07, 6.45) is 12.2. The van der Waals surface area contributed by atoms with E-state index < -0.39 is 30.3 Å². The summed E-state index contributed by atoms with van der Waals surface area (Å²) in [7, 11) is 0. The van der Waals surface area contributed by atoms with Crippen molar-refractivity contribution >= 4 is 11.9 Å². The average Bonchev–Trinajstić information content (AvgIpc) is 3.02. The molecule has 0 radical (unpaired) electrons. The maximum Gasteiger partial charge on any atom is 0.306 e. The molecule has 32 heavy (non-hydrogen) atoms. The van der Waals surface area contributed by atoms with Gasteiger partial charge in [-0.3, -0.25) is 9.59 Å². The van der Waals surface area contributed by atoms with Crippen LogP contribution in [0.3, 0.4) is 0 Å². The van der Waals surface area contributed by atoms with Crippen LogP contribution in [0.25, 0.3) is 0 Å². The molecule has 1 aliphatic rings. The third-order valence-corrected chi connectivity index (χ3v) is 6.19. The Labute approximate surface area is 192 Å². The molecule has 0 amide bonds. The van der Waals surface area contributed by atoms with E-state index in [0.717, 1.165) is 32.1 Å².